The van der Waals surface area contributed by atoms with Crippen molar-refractivity contribution in [2.75, 3.05) is 31.9 Å². The average molecular weight is 622 g/mol. The van der Waals surface area contributed by atoms with E-state index in [1.54, 1.807) is 0 Å². The molecule has 4 atom stereocenters. The van der Waals surface area contributed by atoms with Crippen molar-refractivity contribution in [1.82, 2.24) is 31.9 Å². The molecule has 0 saturated carbocycles. The minimum Gasteiger partial charge on any atom is -0.356 e. The summed E-state index contributed by atoms with van der Waals surface area (Å²) in [6, 6.07) is -0.428. The summed E-state index contributed by atoms with van der Waals surface area (Å²) < 4.78 is 0. The molecule has 3 heterocycles. The molecule has 0 aromatic rings. The predicted octanol–water partition coefficient (Wildman–Crippen LogP) is 1.38. The van der Waals surface area contributed by atoms with Crippen LogP contribution in [0.1, 0.15) is 71.1 Å². The van der Waals surface area contributed by atoms with Crippen molar-refractivity contribution in [3.63, 3.8) is 0 Å². The molecule has 2 fully saturated rings. The van der Waals surface area contributed by atoms with Gasteiger partial charge in [-0.05, 0) is 51.0 Å². The molecule has 0 aromatic heterocycles. The highest BCUT2D eigenvalue weighted by molar-refractivity contribution is 8.00. The quantitative estimate of drug-likeness (QED) is 0.0364. The summed E-state index contributed by atoms with van der Waals surface area (Å²) in [4.78, 5) is 63.1. The van der Waals surface area contributed by atoms with Gasteiger partial charge in [-0.15, -0.1) is 0 Å². The molecule has 0 aromatic carbocycles. The summed E-state index contributed by atoms with van der Waals surface area (Å²) >= 11 is 1.87. The zero-order valence-corrected chi connectivity index (χ0v) is 25.4. The standard InChI is InChI=1S/C26H43N11O5S/c1-26(35-36-26)11-10-21(39)32-17(24(41)30-14-6-13-29-22(40)15-31-37-27)7-4-5-12-28-20(38)9-3-2-8-19-23-18(16-43-19)33-25(42)34-23/h17-19,23H,2-16H2,1H3,(H,28,38)(H,29,40)(H,30,41)(H,32,39)(H2,33,34,42)/t17-,18+,19+,23+/m0/s1. The molecule has 16 nitrogen and oxygen atoms in total. The summed E-state index contributed by atoms with van der Waals surface area (Å²) in [7, 11) is 0. The number of amides is 6. The van der Waals surface area contributed by atoms with Crippen LogP contribution in [0, 0.1) is 0 Å². The first-order valence-corrected chi connectivity index (χ1v) is 16.0. The minimum atomic E-state index is -0.725. The lowest BCUT2D eigenvalue weighted by Crippen LogP contribution is -2.47. The van der Waals surface area contributed by atoms with Crippen LogP contribution < -0.4 is 31.9 Å². The van der Waals surface area contributed by atoms with E-state index in [9.17, 15) is 24.0 Å². The molecule has 2 saturated heterocycles. The molecule has 238 valence electrons. The molecule has 0 spiro atoms. The van der Waals surface area contributed by atoms with Crippen LogP contribution in [0.3, 0.4) is 0 Å². The lowest BCUT2D eigenvalue weighted by atomic mass is 10.0. The van der Waals surface area contributed by atoms with E-state index in [1.165, 1.54) is 0 Å². The highest BCUT2D eigenvalue weighted by Crippen LogP contribution is 2.33. The molecule has 0 unspecified atom stereocenters. The van der Waals surface area contributed by atoms with Crippen LogP contribution in [0.15, 0.2) is 15.3 Å². The summed E-state index contributed by atoms with van der Waals surface area (Å²) in [6.07, 6.45) is 5.95. The van der Waals surface area contributed by atoms with Crippen molar-refractivity contribution in [1.29, 1.82) is 0 Å². The van der Waals surface area contributed by atoms with Crippen LogP contribution in [-0.4, -0.2) is 90.6 Å². The number of thioether (sulfide) groups is 1. The van der Waals surface area contributed by atoms with Crippen molar-refractivity contribution < 1.29 is 24.0 Å². The van der Waals surface area contributed by atoms with E-state index in [-0.39, 0.29) is 48.8 Å². The fraction of sp³-hybridized carbons (Fsp3) is 0.808. The monoisotopic (exact) mass is 621 g/mol. The maximum absolute atomic E-state index is 12.8. The molecule has 3 aliphatic rings. The summed E-state index contributed by atoms with van der Waals surface area (Å²) in [6.45, 7) is 2.64. The van der Waals surface area contributed by atoms with Gasteiger partial charge in [-0.2, -0.15) is 22.0 Å². The van der Waals surface area contributed by atoms with E-state index in [0.29, 0.717) is 63.4 Å². The Labute approximate surface area is 255 Å². The molecular weight excluding hydrogens is 578 g/mol. The molecule has 0 aliphatic carbocycles. The second-order valence-corrected chi connectivity index (χ2v) is 12.4. The Morgan fingerprint density at radius 1 is 1.00 bits per heavy atom. The van der Waals surface area contributed by atoms with Crippen LogP contribution in [0.25, 0.3) is 10.4 Å². The van der Waals surface area contributed by atoms with Crippen molar-refractivity contribution in [2.24, 2.45) is 15.3 Å². The number of carbonyl (C=O) groups is 5. The number of nitrogens with zero attached hydrogens (tertiary/aromatic N) is 5. The normalized spacial score (nSPS) is 21.4. The van der Waals surface area contributed by atoms with E-state index in [4.69, 9.17) is 5.53 Å². The number of hydrogen-bond acceptors (Lipinski definition) is 9. The summed E-state index contributed by atoms with van der Waals surface area (Å²) in [5.41, 5.74) is 7.75. The van der Waals surface area contributed by atoms with Crippen LogP contribution >= 0.6 is 11.8 Å². The van der Waals surface area contributed by atoms with E-state index in [0.717, 1.165) is 25.0 Å². The largest absolute Gasteiger partial charge is 0.356 e. The third kappa shape index (κ3) is 12.7. The van der Waals surface area contributed by atoms with Gasteiger partial charge in [0.25, 0.3) is 0 Å². The first-order valence-electron chi connectivity index (χ1n) is 14.9. The van der Waals surface area contributed by atoms with Gasteiger partial charge < -0.3 is 31.9 Å². The van der Waals surface area contributed by atoms with Crippen molar-refractivity contribution in [3.05, 3.63) is 10.4 Å². The smallest absolute Gasteiger partial charge is 0.315 e. The Kier molecular flexibility index (Phi) is 13.8. The third-order valence-electron chi connectivity index (χ3n) is 7.49. The second kappa shape index (κ2) is 17.5. The van der Waals surface area contributed by atoms with Crippen molar-refractivity contribution in [2.45, 2.75) is 100 Å². The lowest BCUT2D eigenvalue weighted by Gasteiger charge is -2.19. The first-order chi connectivity index (χ1) is 20.7. The topological polar surface area (TPSA) is 231 Å². The number of rotatable bonds is 21. The number of fused-ring (bicyclic) bond motifs is 1. The fourth-order valence-corrected chi connectivity index (χ4v) is 6.48. The zero-order chi connectivity index (χ0) is 31.1. The third-order valence-corrected chi connectivity index (χ3v) is 9.00. The molecule has 3 aliphatic heterocycles. The SMILES string of the molecule is CC1(CCC(=O)N[C@@H](CCCCNC(=O)CCCC[C@H]2SC[C@H]3NC(=O)N[C@H]32)C(=O)NCCCNC(=O)CN=[N+]=[N-])N=N1. The molecule has 3 rings (SSSR count). The number of urea groups is 1. The molecule has 43 heavy (non-hydrogen) atoms. The minimum absolute atomic E-state index is 0.00806. The molecule has 6 amide bonds. The van der Waals surface area contributed by atoms with E-state index in [1.807, 2.05) is 18.7 Å². The Hall–Kier alpha value is -3.59. The maximum atomic E-state index is 12.8. The van der Waals surface area contributed by atoms with Gasteiger partial charge >= 0.3 is 6.03 Å². The Bertz CT molecular complexity index is 1080. The highest BCUT2D eigenvalue weighted by Gasteiger charge is 2.42. The molecule has 0 bridgehead atoms. The predicted molar refractivity (Wildman–Crippen MR) is 160 cm³/mol. The molecule has 17 heteroatoms. The number of unbranched alkanes of at least 4 members (excludes halogenated alkanes) is 2. The van der Waals surface area contributed by atoms with E-state index >= 15 is 0 Å². The van der Waals surface area contributed by atoms with Crippen molar-refractivity contribution >= 4 is 41.4 Å². The molecular formula is C26H43N11O5S. The van der Waals surface area contributed by atoms with Crippen LogP contribution in [-0.2, 0) is 19.2 Å². The van der Waals surface area contributed by atoms with Gasteiger partial charge in [0, 0.05) is 54.8 Å². The number of nitrogens with one attached hydrogen (secondary N) is 6. The van der Waals surface area contributed by atoms with Gasteiger partial charge in [0.15, 0.2) is 5.66 Å². The Balaban J connectivity index is 1.28. The van der Waals surface area contributed by atoms with Crippen LogP contribution in [0.2, 0.25) is 0 Å². The molecule has 0 radical (unpaired) electrons. The first kappa shape index (κ1) is 33.9. The number of hydrogen-bond donors (Lipinski definition) is 6. The van der Waals surface area contributed by atoms with E-state index < -0.39 is 17.6 Å². The maximum Gasteiger partial charge on any atom is 0.315 e. The van der Waals surface area contributed by atoms with Gasteiger partial charge in [0.05, 0.1) is 12.1 Å². The highest BCUT2D eigenvalue weighted by atomic mass is 32.2. The van der Waals surface area contributed by atoms with Gasteiger partial charge in [0.1, 0.15) is 12.6 Å². The van der Waals surface area contributed by atoms with Gasteiger partial charge in [-0.25, -0.2) is 4.79 Å². The van der Waals surface area contributed by atoms with E-state index in [2.05, 4.69) is 52.2 Å². The zero-order valence-electron chi connectivity index (χ0n) is 24.6. The van der Waals surface area contributed by atoms with Gasteiger partial charge in [-0.3, -0.25) is 19.2 Å². The average Bonchev–Trinajstić information content (AvgIpc) is 3.44. The lowest BCUT2D eigenvalue weighted by molar-refractivity contribution is -0.129. The Morgan fingerprint density at radius 2 is 1.74 bits per heavy atom. The van der Waals surface area contributed by atoms with Gasteiger partial charge in [-0.1, -0.05) is 11.5 Å². The number of carbonyl (C=O) groups excluding carboxylic acids is 5. The Morgan fingerprint density at radius 3 is 2.51 bits per heavy atom. The van der Waals surface area contributed by atoms with Crippen molar-refractivity contribution in [3.8, 4) is 0 Å². The molecule has 6 N–H and O–H groups in total. The summed E-state index contributed by atoms with van der Waals surface area (Å²) in [5, 5.41) is 28.4. The van der Waals surface area contributed by atoms with Crippen LogP contribution in [0.5, 0.6) is 0 Å². The fourth-order valence-electron chi connectivity index (χ4n) is 4.94. The van der Waals surface area contributed by atoms with Crippen LogP contribution in [0.4, 0.5) is 4.79 Å². The number of azide groups is 1. The second-order valence-electron chi connectivity index (χ2n) is 11.1. The summed E-state index contributed by atoms with van der Waals surface area (Å²) in [5.74, 6) is -0.0531. The van der Waals surface area contributed by atoms with Gasteiger partial charge in [0.2, 0.25) is 23.6 Å².